The van der Waals surface area contributed by atoms with Crippen LogP contribution in [0.4, 0.5) is 5.69 Å². The molecule has 1 heterocycles. The zero-order valence-electron chi connectivity index (χ0n) is 11.2. The molecule has 21 heavy (non-hydrogen) atoms. The van der Waals surface area contributed by atoms with Gasteiger partial charge in [0.15, 0.2) is 0 Å². The highest BCUT2D eigenvalue weighted by molar-refractivity contribution is 9.10. The Balaban J connectivity index is 1.99. The van der Waals surface area contributed by atoms with E-state index in [1.807, 2.05) is 24.3 Å². The first kappa shape index (κ1) is 16.0. The Hall–Kier alpha value is -1.37. The zero-order valence-corrected chi connectivity index (χ0v) is 13.6. The summed E-state index contributed by atoms with van der Waals surface area (Å²) in [7, 11) is 0. The van der Waals surface area contributed by atoms with Crippen molar-refractivity contribution in [2.75, 3.05) is 18.5 Å². The molecule has 0 spiro atoms. The maximum Gasteiger partial charge on any atom is 0.283 e. The van der Waals surface area contributed by atoms with Crippen LogP contribution < -0.4 is 10.9 Å². The van der Waals surface area contributed by atoms with E-state index in [-0.39, 0.29) is 18.7 Å². The van der Waals surface area contributed by atoms with Crippen LogP contribution in [-0.2, 0) is 13.0 Å². The molecule has 5 nitrogen and oxygen atoms in total. The van der Waals surface area contributed by atoms with Crippen LogP contribution in [0, 0.1) is 0 Å². The van der Waals surface area contributed by atoms with Crippen LogP contribution in [0.15, 0.2) is 39.7 Å². The SMILES string of the molecule is O=c1c(Br)c(NCCc2ccc(Cl)cc2)cnn1CCO. The number of benzene rings is 1. The second kappa shape index (κ2) is 7.59. The van der Waals surface area contributed by atoms with Crippen molar-refractivity contribution in [2.24, 2.45) is 0 Å². The van der Waals surface area contributed by atoms with Crippen molar-refractivity contribution in [2.45, 2.75) is 13.0 Å². The van der Waals surface area contributed by atoms with Gasteiger partial charge in [0.05, 0.1) is 25.0 Å². The third-order valence-corrected chi connectivity index (χ3v) is 3.96. The van der Waals surface area contributed by atoms with E-state index in [0.717, 1.165) is 12.0 Å². The molecule has 0 amide bonds. The van der Waals surface area contributed by atoms with E-state index < -0.39 is 0 Å². The lowest BCUT2D eigenvalue weighted by Crippen LogP contribution is -2.26. The van der Waals surface area contributed by atoms with Crippen molar-refractivity contribution in [3.63, 3.8) is 0 Å². The third kappa shape index (κ3) is 4.30. The van der Waals surface area contributed by atoms with Gasteiger partial charge in [-0.25, -0.2) is 4.68 Å². The molecule has 7 heteroatoms. The Morgan fingerprint density at radius 1 is 1.33 bits per heavy atom. The highest BCUT2D eigenvalue weighted by Gasteiger charge is 2.08. The number of nitrogens with zero attached hydrogens (tertiary/aromatic N) is 2. The number of nitrogens with one attached hydrogen (secondary N) is 1. The summed E-state index contributed by atoms with van der Waals surface area (Å²) in [6, 6.07) is 7.64. The predicted molar refractivity (Wildman–Crippen MR) is 86.9 cm³/mol. The molecular weight excluding hydrogens is 358 g/mol. The van der Waals surface area contributed by atoms with Gasteiger partial charge in [-0.3, -0.25) is 4.79 Å². The van der Waals surface area contributed by atoms with Gasteiger partial charge in [0.1, 0.15) is 4.47 Å². The lowest BCUT2D eigenvalue weighted by molar-refractivity contribution is 0.266. The molecule has 0 aliphatic carbocycles. The highest BCUT2D eigenvalue weighted by Crippen LogP contribution is 2.16. The largest absolute Gasteiger partial charge is 0.394 e. The van der Waals surface area contributed by atoms with Crippen LogP contribution in [0.1, 0.15) is 5.56 Å². The van der Waals surface area contributed by atoms with E-state index in [1.165, 1.54) is 4.68 Å². The minimum atomic E-state index is -0.263. The molecule has 0 saturated carbocycles. The van der Waals surface area contributed by atoms with E-state index in [4.69, 9.17) is 16.7 Å². The van der Waals surface area contributed by atoms with Gasteiger partial charge in [-0.2, -0.15) is 5.10 Å². The fourth-order valence-electron chi connectivity index (χ4n) is 1.83. The highest BCUT2D eigenvalue weighted by atomic mass is 79.9. The Kier molecular flexibility index (Phi) is 5.78. The van der Waals surface area contributed by atoms with E-state index in [9.17, 15) is 4.79 Å². The summed E-state index contributed by atoms with van der Waals surface area (Å²) in [5, 5.41) is 16.7. The van der Waals surface area contributed by atoms with Crippen LogP contribution >= 0.6 is 27.5 Å². The lowest BCUT2D eigenvalue weighted by Gasteiger charge is -2.10. The number of aliphatic hydroxyl groups excluding tert-OH is 1. The first-order valence-corrected chi connectivity index (χ1v) is 7.63. The van der Waals surface area contributed by atoms with E-state index in [2.05, 4.69) is 26.3 Å². The van der Waals surface area contributed by atoms with Gasteiger partial charge in [0.2, 0.25) is 0 Å². The quantitative estimate of drug-likeness (QED) is 0.816. The van der Waals surface area contributed by atoms with Crippen molar-refractivity contribution in [1.29, 1.82) is 0 Å². The molecule has 2 aromatic rings. The molecule has 0 fully saturated rings. The van der Waals surface area contributed by atoms with Gasteiger partial charge in [0.25, 0.3) is 5.56 Å². The summed E-state index contributed by atoms with van der Waals surface area (Å²) in [6.45, 7) is 0.733. The minimum absolute atomic E-state index is 0.122. The molecule has 0 unspecified atom stereocenters. The molecule has 0 aliphatic heterocycles. The summed E-state index contributed by atoms with van der Waals surface area (Å²) in [6.07, 6.45) is 2.38. The van der Waals surface area contributed by atoms with Gasteiger partial charge in [-0.15, -0.1) is 0 Å². The van der Waals surface area contributed by atoms with Crippen molar-refractivity contribution in [3.8, 4) is 0 Å². The molecular formula is C14H15BrClN3O2. The van der Waals surface area contributed by atoms with Crippen LogP contribution in [-0.4, -0.2) is 28.0 Å². The normalized spacial score (nSPS) is 10.6. The van der Waals surface area contributed by atoms with Gasteiger partial charge in [-0.05, 0) is 40.0 Å². The molecule has 1 aromatic heterocycles. The summed E-state index contributed by atoms with van der Waals surface area (Å²) in [4.78, 5) is 11.9. The van der Waals surface area contributed by atoms with Crippen LogP contribution in [0.25, 0.3) is 0 Å². The van der Waals surface area contributed by atoms with Crippen LogP contribution in [0.3, 0.4) is 0 Å². The summed E-state index contributed by atoms with van der Waals surface area (Å²) in [5.41, 5.74) is 1.54. The Bertz CT molecular complexity index is 658. The summed E-state index contributed by atoms with van der Waals surface area (Å²) < 4.78 is 1.64. The second-order valence-electron chi connectivity index (χ2n) is 4.43. The Morgan fingerprint density at radius 2 is 2.05 bits per heavy atom. The second-order valence-corrected chi connectivity index (χ2v) is 5.66. The van der Waals surface area contributed by atoms with Crippen LogP contribution in [0.2, 0.25) is 5.02 Å². The first-order valence-electron chi connectivity index (χ1n) is 6.46. The maximum absolute atomic E-state index is 11.9. The number of halogens is 2. The Morgan fingerprint density at radius 3 is 2.71 bits per heavy atom. The standard InChI is InChI=1S/C14H15BrClN3O2/c15-13-12(9-18-19(7-8-20)14(13)21)17-6-5-10-1-3-11(16)4-2-10/h1-4,9,17,20H,5-8H2. The van der Waals surface area contributed by atoms with Crippen molar-refractivity contribution in [1.82, 2.24) is 9.78 Å². The van der Waals surface area contributed by atoms with Gasteiger partial charge in [0, 0.05) is 11.6 Å². The zero-order chi connectivity index (χ0) is 15.2. The average Bonchev–Trinajstić information content (AvgIpc) is 2.48. The molecule has 0 bridgehead atoms. The molecule has 0 radical (unpaired) electrons. The number of hydrogen-bond donors (Lipinski definition) is 2. The van der Waals surface area contributed by atoms with Crippen molar-refractivity contribution in [3.05, 3.63) is 55.9 Å². The topological polar surface area (TPSA) is 67.2 Å². The number of rotatable bonds is 6. The van der Waals surface area contributed by atoms with E-state index >= 15 is 0 Å². The smallest absolute Gasteiger partial charge is 0.283 e. The number of anilines is 1. The fraction of sp³-hybridized carbons (Fsp3) is 0.286. The van der Waals surface area contributed by atoms with Gasteiger partial charge >= 0.3 is 0 Å². The Labute approximate surface area is 135 Å². The van der Waals surface area contributed by atoms with E-state index in [1.54, 1.807) is 6.20 Å². The molecule has 2 rings (SSSR count). The minimum Gasteiger partial charge on any atom is -0.394 e. The molecule has 0 aliphatic rings. The molecule has 0 atom stereocenters. The molecule has 1 aromatic carbocycles. The third-order valence-electron chi connectivity index (χ3n) is 2.94. The monoisotopic (exact) mass is 371 g/mol. The number of hydrogen-bond acceptors (Lipinski definition) is 4. The van der Waals surface area contributed by atoms with Crippen molar-refractivity contribution < 1.29 is 5.11 Å². The molecule has 2 N–H and O–H groups in total. The van der Waals surface area contributed by atoms with Gasteiger partial charge < -0.3 is 10.4 Å². The lowest BCUT2D eigenvalue weighted by atomic mass is 10.1. The van der Waals surface area contributed by atoms with Crippen LogP contribution in [0.5, 0.6) is 0 Å². The first-order chi connectivity index (χ1) is 10.1. The molecule has 112 valence electrons. The fourth-order valence-corrected chi connectivity index (χ4v) is 2.41. The number of aliphatic hydroxyl groups is 1. The molecule has 0 saturated heterocycles. The summed E-state index contributed by atoms with van der Waals surface area (Å²) in [5.74, 6) is 0. The average molecular weight is 373 g/mol. The van der Waals surface area contributed by atoms with Crippen molar-refractivity contribution >= 4 is 33.2 Å². The predicted octanol–water partition coefficient (Wildman–Crippen LogP) is 2.31. The van der Waals surface area contributed by atoms with E-state index in [0.29, 0.717) is 21.7 Å². The summed E-state index contributed by atoms with van der Waals surface area (Å²) >= 11 is 9.10. The number of aromatic nitrogens is 2. The maximum atomic E-state index is 11.9. The van der Waals surface area contributed by atoms with Gasteiger partial charge in [-0.1, -0.05) is 23.7 Å².